The summed E-state index contributed by atoms with van der Waals surface area (Å²) < 4.78 is 12.7. The zero-order chi connectivity index (χ0) is 51.6. The van der Waals surface area contributed by atoms with Crippen LogP contribution in [-0.2, 0) is 19.1 Å². The zero-order valence-electron chi connectivity index (χ0n) is 42.5. The van der Waals surface area contributed by atoms with E-state index in [1.807, 2.05) is 35.8 Å². The average molecular weight is 1010 g/mol. The predicted molar refractivity (Wildman–Crippen MR) is 277 cm³/mol. The number of amides is 2. The fraction of sp³-hybridized carbons (Fsp3) is 0.577. The number of piperidine rings is 2. The van der Waals surface area contributed by atoms with Gasteiger partial charge in [-0.3, -0.25) is 19.2 Å². The van der Waals surface area contributed by atoms with Gasteiger partial charge >= 0.3 is 0 Å². The molecule has 22 nitrogen and oxygen atoms in total. The molecule has 4 aromatic heterocycles. The standard InChI is InChI=1S/2C26H34N8O3/c2*1-18-23(16-30-31-25(18)35)34-6-2-3-21(34)17-37-22-11-20(14-28-15-22)26(36)33-9-7-32(8-10-33)24-5-4-19(12-27)13-29-24/h2*4-5,13,16,20-22,28H,2-3,6-11,14-15,17H2,1H3,(H,31,35)/t20?,21-,22+;20?,21-,22-/m00/s1. The van der Waals surface area contributed by atoms with Crippen LogP contribution in [0.4, 0.5) is 23.0 Å². The Morgan fingerprint density at radius 1 is 0.595 bits per heavy atom. The number of ether oxygens (including phenoxy) is 2. The minimum atomic E-state index is -0.157. The molecule has 6 saturated heterocycles. The van der Waals surface area contributed by atoms with Crippen LogP contribution in [0.25, 0.3) is 0 Å². The lowest BCUT2D eigenvalue weighted by molar-refractivity contribution is -0.138. The van der Waals surface area contributed by atoms with Crippen LogP contribution in [0, 0.1) is 48.3 Å². The minimum Gasteiger partial charge on any atom is -0.375 e. The van der Waals surface area contributed by atoms with Crippen LogP contribution in [0.15, 0.2) is 58.6 Å². The molecule has 6 atom stereocenters. The molecule has 10 rings (SSSR count). The molecule has 0 aromatic carbocycles. The smallest absolute Gasteiger partial charge is 0.269 e. The number of H-pyrrole nitrogens is 2. The van der Waals surface area contributed by atoms with Crippen molar-refractivity contribution in [2.75, 3.05) is 124 Å². The number of anilines is 4. The molecule has 6 aliphatic heterocycles. The topological polar surface area (TPSA) is 261 Å². The monoisotopic (exact) mass is 1010 g/mol. The highest BCUT2D eigenvalue weighted by Gasteiger charge is 2.36. The van der Waals surface area contributed by atoms with Gasteiger partial charge in [0.2, 0.25) is 11.8 Å². The SMILES string of the molecule is Cc1c(N2CCC[C@H]2CO[C@@H]2CNCC(C(=O)N3CCN(c4ccc(C#N)cn4)CC3)C2)cn[nH]c1=O.Cc1c(N2CCC[C@H]2CO[C@H]2CNCC(C(=O)N3CCN(c4ccc(C#N)cn4)CC3)C2)cn[nH]c1=O. The molecule has 22 heteroatoms. The van der Waals surface area contributed by atoms with Gasteiger partial charge in [-0.2, -0.15) is 20.7 Å². The molecule has 4 N–H and O–H groups in total. The molecular formula is C52H68N16O6. The van der Waals surface area contributed by atoms with Crippen molar-refractivity contribution in [1.29, 1.82) is 10.5 Å². The maximum Gasteiger partial charge on any atom is 0.269 e. The highest BCUT2D eigenvalue weighted by atomic mass is 16.5. The van der Waals surface area contributed by atoms with Crippen molar-refractivity contribution in [3.8, 4) is 12.1 Å². The van der Waals surface area contributed by atoms with Gasteiger partial charge in [0.15, 0.2) is 0 Å². The molecule has 10 heterocycles. The molecule has 0 spiro atoms. The first kappa shape index (κ1) is 51.9. The summed E-state index contributed by atoms with van der Waals surface area (Å²) >= 11 is 0. The van der Waals surface area contributed by atoms with Crippen molar-refractivity contribution >= 4 is 34.8 Å². The van der Waals surface area contributed by atoms with Crippen LogP contribution in [0.1, 0.15) is 60.8 Å². The van der Waals surface area contributed by atoms with Crippen LogP contribution in [0.3, 0.4) is 0 Å². The molecule has 2 unspecified atom stereocenters. The molecule has 6 fully saturated rings. The van der Waals surface area contributed by atoms with Gasteiger partial charge in [-0.15, -0.1) is 0 Å². The number of aromatic nitrogens is 6. The van der Waals surface area contributed by atoms with Crippen molar-refractivity contribution in [2.24, 2.45) is 11.8 Å². The zero-order valence-corrected chi connectivity index (χ0v) is 42.5. The number of pyridine rings is 2. The summed E-state index contributed by atoms with van der Waals surface area (Å²) in [4.78, 5) is 72.1. The summed E-state index contributed by atoms with van der Waals surface area (Å²) in [6, 6.07) is 11.8. The van der Waals surface area contributed by atoms with Gasteiger partial charge in [-0.1, -0.05) is 0 Å². The van der Waals surface area contributed by atoms with Gasteiger partial charge in [0.05, 0.1) is 84.2 Å². The third-order valence-corrected chi connectivity index (χ3v) is 15.5. The summed E-state index contributed by atoms with van der Waals surface area (Å²) in [6.07, 6.45) is 12.1. The molecule has 0 saturated carbocycles. The van der Waals surface area contributed by atoms with Gasteiger partial charge in [0.1, 0.15) is 23.8 Å². The predicted octanol–water partition coefficient (Wildman–Crippen LogP) is 1.31. The lowest BCUT2D eigenvalue weighted by Crippen LogP contribution is -2.54. The summed E-state index contributed by atoms with van der Waals surface area (Å²) in [5.74, 6) is 1.84. The van der Waals surface area contributed by atoms with E-state index in [0.29, 0.717) is 87.6 Å². The Hall–Kier alpha value is -6.98. The molecule has 0 bridgehead atoms. The number of carbonyl (C=O) groups is 2. The lowest BCUT2D eigenvalue weighted by atomic mass is 9.95. The Balaban J connectivity index is 0.000000182. The Bertz CT molecular complexity index is 2560. The van der Waals surface area contributed by atoms with Crippen LogP contribution in [-0.4, -0.2) is 181 Å². The van der Waals surface area contributed by atoms with Crippen molar-refractivity contribution in [1.82, 2.24) is 50.8 Å². The molecular weight excluding hydrogens is 945 g/mol. The maximum absolute atomic E-state index is 13.3. The Morgan fingerprint density at radius 3 is 1.39 bits per heavy atom. The molecule has 2 amide bonds. The van der Waals surface area contributed by atoms with Crippen LogP contribution in [0.5, 0.6) is 0 Å². The molecule has 0 aliphatic carbocycles. The van der Waals surface area contributed by atoms with E-state index in [0.717, 1.165) is 101 Å². The first-order valence-electron chi connectivity index (χ1n) is 26.1. The number of hydrogen-bond donors (Lipinski definition) is 4. The number of hydrogen-bond acceptors (Lipinski definition) is 18. The Kier molecular flexibility index (Phi) is 17.1. The van der Waals surface area contributed by atoms with E-state index in [4.69, 9.17) is 20.0 Å². The van der Waals surface area contributed by atoms with Crippen LogP contribution >= 0.6 is 0 Å². The second kappa shape index (κ2) is 24.4. The van der Waals surface area contributed by atoms with Gasteiger partial charge in [0, 0.05) is 115 Å². The summed E-state index contributed by atoms with van der Waals surface area (Å²) in [5.41, 5.74) is 3.89. The Labute approximate surface area is 431 Å². The van der Waals surface area contributed by atoms with Crippen molar-refractivity contribution in [2.45, 2.75) is 76.7 Å². The van der Waals surface area contributed by atoms with E-state index >= 15 is 0 Å². The third-order valence-electron chi connectivity index (χ3n) is 15.5. The lowest BCUT2D eigenvalue weighted by Gasteiger charge is -2.39. The van der Waals surface area contributed by atoms with Gasteiger partial charge in [-0.05, 0) is 76.6 Å². The molecule has 4 aromatic rings. The second-order valence-electron chi connectivity index (χ2n) is 20.1. The number of nitrogens with one attached hydrogen (secondary N) is 4. The van der Waals surface area contributed by atoms with Crippen LogP contribution < -0.4 is 41.4 Å². The largest absolute Gasteiger partial charge is 0.375 e. The molecule has 6 aliphatic rings. The minimum absolute atomic E-state index is 0.0207. The van der Waals surface area contributed by atoms with Crippen molar-refractivity contribution in [3.63, 3.8) is 0 Å². The number of carbonyl (C=O) groups excluding carboxylic acids is 2. The van der Waals surface area contributed by atoms with Crippen molar-refractivity contribution in [3.05, 3.63) is 92.0 Å². The number of nitrogens with zero attached hydrogens (tertiary/aromatic N) is 12. The van der Waals surface area contributed by atoms with Crippen molar-refractivity contribution < 1.29 is 19.1 Å². The molecule has 392 valence electrons. The molecule has 74 heavy (non-hydrogen) atoms. The molecule has 0 radical (unpaired) electrons. The highest BCUT2D eigenvalue weighted by molar-refractivity contribution is 5.80. The maximum atomic E-state index is 13.3. The second-order valence-corrected chi connectivity index (χ2v) is 20.1. The normalized spacial score (nSPS) is 24.2. The van der Waals surface area contributed by atoms with Gasteiger partial charge in [-0.25, -0.2) is 20.2 Å². The van der Waals surface area contributed by atoms with Gasteiger partial charge < -0.3 is 49.5 Å². The van der Waals surface area contributed by atoms with E-state index < -0.39 is 0 Å². The number of aromatic amines is 2. The van der Waals surface area contributed by atoms with E-state index in [9.17, 15) is 19.2 Å². The van der Waals surface area contributed by atoms with E-state index in [2.05, 4.69) is 72.7 Å². The summed E-state index contributed by atoms with van der Waals surface area (Å²) in [5, 5.41) is 37.7. The van der Waals surface area contributed by atoms with E-state index in [1.165, 1.54) is 0 Å². The summed E-state index contributed by atoms with van der Waals surface area (Å²) in [7, 11) is 0. The first-order valence-corrected chi connectivity index (χ1v) is 26.1. The van der Waals surface area contributed by atoms with Gasteiger partial charge in [0.25, 0.3) is 11.1 Å². The van der Waals surface area contributed by atoms with E-state index in [-0.39, 0.29) is 59.1 Å². The number of nitriles is 2. The number of rotatable bonds is 12. The van der Waals surface area contributed by atoms with E-state index in [1.54, 1.807) is 36.9 Å². The highest BCUT2D eigenvalue weighted by Crippen LogP contribution is 2.30. The fourth-order valence-corrected chi connectivity index (χ4v) is 11.2. The summed E-state index contributed by atoms with van der Waals surface area (Å²) in [6.45, 7) is 14.9. The Morgan fingerprint density at radius 2 is 1.01 bits per heavy atom. The fourth-order valence-electron chi connectivity index (χ4n) is 11.2. The number of piperazine rings is 2. The first-order chi connectivity index (χ1) is 36.1. The quantitative estimate of drug-likeness (QED) is 0.156. The van der Waals surface area contributed by atoms with Crippen LogP contribution in [0.2, 0.25) is 0 Å². The average Bonchev–Trinajstić information content (AvgIpc) is 4.14. The third kappa shape index (κ3) is 12.3.